The van der Waals surface area contributed by atoms with E-state index in [1.165, 1.54) is 17.7 Å². The first-order valence-corrected chi connectivity index (χ1v) is 10.4. The molecule has 0 atom stereocenters. The van der Waals surface area contributed by atoms with Gasteiger partial charge in [0.1, 0.15) is 22.8 Å². The van der Waals surface area contributed by atoms with Gasteiger partial charge in [-0.2, -0.15) is 13.2 Å². The number of urea groups is 1. The molecule has 0 aliphatic rings. The lowest BCUT2D eigenvalue weighted by Gasteiger charge is -2.14. The van der Waals surface area contributed by atoms with Crippen LogP contribution in [-0.4, -0.2) is 16.0 Å². The topological polar surface area (TPSA) is 92.9 Å². The fourth-order valence-corrected chi connectivity index (χ4v) is 4.47. The normalized spacial score (nSPS) is 11.6. The van der Waals surface area contributed by atoms with E-state index in [1.807, 2.05) is 13.0 Å². The van der Waals surface area contributed by atoms with Gasteiger partial charge in [-0.05, 0) is 55.3 Å². The molecule has 0 radical (unpaired) electrons. The smallest absolute Gasteiger partial charge is 0.383 e. The SMILES string of the molecule is Cc1cc(-c2c(C)sc3ncnc(N)c23)ccc1NC(=O)Nc1cc(C(F)(F)F)ccc1F. The van der Waals surface area contributed by atoms with Crippen molar-refractivity contribution in [1.82, 2.24) is 9.97 Å². The molecule has 2 aromatic carbocycles. The number of alkyl halides is 3. The molecular formula is C22H17F4N5OS. The molecule has 0 aliphatic heterocycles. The van der Waals surface area contributed by atoms with Crippen LogP contribution in [-0.2, 0) is 6.18 Å². The van der Waals surface area contributed by atoms with Crippen LogP contribution >= 0.6 is 11.3 Å². The molecule has 0 saturated heterocycles. The van der Waals surface area contributed by atoms with Crippen LogP contribution in [0.3, 0.4) is 0 Å². The predicted octanol–water partition coefficient (Wildman–Crippen LogP) is 6.36. The standard InChI is InChI=1S/C22H17F4N5OS/c1-10-7-12(17-11(2)33-20-18(17)19(27)28-9-29-20)3-6-15(10)30-21(32)31-16-8-13(22(24,25)26)4-5-14(16)23/h3-9H,1-2H3,(H2,27,28,29)(H2,30,31,32). The van der Waals surface area contributed by atoms with Crippen LogP contribution in [0.5, 0.6) is 0 Å². The molecule has 0 unspecified atom stereocenters. The maximum Gasteiger partial charge on any atom is 0.416 e. The predicted molar refractivity (Wildman–Crippen MR) is 121 cm³/mol. The molecule has 4 N–H and O–H groups in total. The number of thiophene rings is 1. The van der Waals surface area contributed by atoms with Crippen molar-refractivity contribution in [3.8, 4) is 11.1 Å². The van der Waals surface area contributed by atoms with Gasteiger partial charge in [-0.25, -0.2) is 19.2 Å². The number of carbonyl (C=O) groups is 1. The molecule has 4 rings (SSSR count). The number of rotatable bonds is 3. The van der Waals surface area contributed by atoms with Gasteiger partial charge in [0.2, 0.25) is 0 Å². The Balaban J connectivity index is 1.58. The van der Waals surface area contributed by atoms with E-state index in [1.54, 1.807) is 19.1 Å². The number of nitrogens with two attached hydrogens (primary N) is 1. The number of fused-ring (bicyclic) bond motifs is 1. The second-order valence-electron chi connectivity index (χ2n) is 7.27. The average Bonchev–Trinajstić information content (AvgIpc) is 3.07. The van der Waals surface area contributed by atoms with Gasteiger partial charge in [0.25, 0.3) is 0 Å². The second kappa shape index (κ2) is 8.32. The Bertz CT molecular complexity index is 1380. The van der Waals surface area contributed by atoms with E-state index >= 15 is 0 Å². The van der Waals surface area contributed by atoms with E-state index in [2.05, 4.69) is 20.6 Å². The van der Waals surface area contributed by atoms with Crippen molar-refractivity contribution in [2.24, 2.45) is 0 Å². The maximum absolute atomic E-state index is 13.9. The maximum atomic E-state index is 13.9. The number of nitrogens with one attached hydrogen (secondary N) is 2. The van der Waals surface area contributed by atoms with E-state index < -0.39 is 29.3 Å². The first-order chi connectivity index (χ1) is 15.5. The molecule has 0 spiro atoms. The van der Waals surface area contributed by atoms with Crippen LogP contribution in [0.25, 0.3) is 21.3 Å². The Kier molecular flexibility index (Phi) is 5.66. The lowest BCUT2D eigenvalue weighted by atomic mass is 10.0. The Morgan fingerprint density at radius 1 is 1.03 bits per heavy atom. The molecule has 33 heavy (non-hydrogen) atoms. The van der Waals surface area contributed by atoms with Crippen molar-refractivity contribution in [2.45, 2.75) is 20.0 Å². The third kappa shape index (κ3) is 4.44. The third-order valence-corrected chi connectivity index (χ3v) is 6.01. The van der Waals surface area contributed by atoms with Gasteiger partial charge in [-0.3, -0.25) is 0 Å². The number of halogens is 4. The number of hydrogen-bond donors (Lipinski definition) is 3. The van der Waals surface area contributed by atoms with Crippen LogP contribution in [0, 0.1) is 19.7 Å². The summed E-state index contributed by atoms with van der Waals surface area (Å²) in [6, 6.07) is 6.18. The minimum atomic E-state index is -4.66. The molecule has 4 aromatic rings. The first kappa shape index (κ1) is 22.5. The molecule has 2 aromatic heterocycles. The van der Waals surface area contributed by atoms with Crippen molar-refractivity contribution in [2.75, 3.05) is 16.4 Å². The molecule has 2 amide bonds. The minimum Gasteiger partial charge on any atom is -0.383 e. The van der Waals surface area contributed by atoms with Crippen LogP contribution in [0.1, 0.15) is 16.0 Å². The largest absolute Gasteiger partial charge is 0.416 e. The van der Waals surface area contributed by atoms with E-state index in [-0.39, 0.29) is 0 Å². The summed E-state index contributed by atoms with van der Waals surface area (Å²) in [5.41, 5.74) is 7.23. The third-order valence-electron chi connectivity index (χ3n) is 5.00. The zero-order chi connectivity index (χ0) is 23.9. The summed E-state index contributed by atoms with van der Waals surface area (Å²) in [4.78, 5) is 22.4. The minimum absolute atomic E-state index is 0.363. The van der Waals surface area contributed by atoms with Crippen molar-refractivity contribution in [3.05, 3.63) is 64.5 Å². The summed E-state index contributed by atoms with van der Waals surface area (Å²) in [6.07, 6.45) is -3.26. The van der Waals surface area contributed by atoms with Gasteiger partial charge in [0.15, 0.2) is 0 Å². The number of hydrogen-bond acceptors (Lipinski definition) is 5. The number of nitrogens with zero attached hydrogens (tertiary/aromatic N) is 2. The number of aryl methyl sites for hydroxylation is 2. The lowest BCUT2D eigenvalue weighted by molar-refractivity contribution is -0.137. The number of amides is 2. The van der Waals surface area contributed by atoms with Crippen molar-refractivity contribution in [1.29, 1.82) is 0 Å². The quantitative estimate of drug-likeness (QED) is 0.301. The van der Waals surface area contributed by atoms with E-state index in [9.17, 15) is 22.4 Å². The first-order valence-electron chi connectivity index (χ1n) is 9.60. The summed E-state index contributed by atoms with van der Waals surface area (Å²) < 4.78 is 52.5. The van der Waals surface area contributed by atoms with Gasteiger partial charge in [0, 0.05) is 16.1 Å². The van der Waals surface area contributed by atoms with E-state index in [0.717, 1.165) is 26.2 Å². The average molecular weight is 475 g/mol. The van der Waals surface area contributed by atoms with Crippen molar-refractivity contribution >= 4 is 44.8 Å². The van der Waals surface area contributed by atoms with Crippen LogP contribution < -0.4 is 16.4 Å². The Morgan fingerprint density at radius 3 is 2.45 bits per heavy atom. The summed E-state index contributed by atoms with van der Waals surface area (Å²) in [6.45, 7) is 3.70. The van der Waals surface area contributed by atoms with Gasteiger partial charge in [0.05, 0.1) is 16.6 Å². The number of benzene rings is 2. The number of aromatic nitrogens is 2. The highest BCUT2D eigenvalue weighted by molar-refractivity contribution is 7.19. The van der Waals surface area contributed by atoms with Crippen LogP contribution in [0.15, 0.2) is 42.7 Å². The second-order valence-corrected chi connectivity index (χ2v) is 8.48. The molecule has 2 heterocycles. The van der Waals surface area contributed by atoms with Crippen LogP contribution in [0.4, 0.5) is 39.5 Å². The molecule has 0 aliphatic carbocycles. The summed E-state index contributed by atoms with van der Waals surface area (Å²) in [7, 11) is 0. The zero-order valence-corrected chi connectivity index (χ0v) is 18.2. The summed E-state index contributed by atoms with van der Waals surface area (Å²) >= 11 is 1.49. The summed E-state index contributed by atoms with van der Waals surface area (Å²) in [5.74, 6) is -0.619. The van der Waals surface area contributed by atoms with Crippen molar-refractivity contribution < 1.29 is 22.4 Å². The molecule has 0 fully saturated rings. The van der Waals surface area contributed by atoms with Gasteiger partial charge in [-0.1, -0.05) is 6.07 Å². The highest BCUT2D eigenvalue weighted by Gasteiger charge is 2.31. The molecule has 11 heteroatoms. The van der Waals surface area contributed by atoms with Crippen LogP contribution in [0.2, 0.25) is 0 Å². The molecule has 0 saturated carbocycles. The highest BCUT2D eigenvalue weighted by atomic mass is 32.1. The Morgan fingerprint density at radius 2 is 1.76 bits per heavy atom. The number of carbonyl (C=O) groups excluding carboxylic acids is 1. The highest BCUT2D eigenvalue weighted by Crippen LogP contribution is 2.40. The van der Waals surface area contributed by atoms with Gasteiger partial charge < -0.3 is 16.4 Å². The fourth-order valence-electron chi connectivity index (χ4n) is 3.45. The number of anilines is 3. The van der Waals surface area contributed by atoms with Gasteiger partial charge in [-0.15, -0.1) is 11.3 Å². The molecular weight excluding hydrogens is 458 g/mol. The molecule has 170 valence electrons. The number of nitrogen functional groups attached to an aromatic ring is 1. The van der Waals surface area contributed by atoms with Crippen molar-refractivity contribution in [3.63, 3.8) is 0 Å². The van der Waals surface area contributed by atoms with Gasteiger partial charge >= 0.3 is 12.2 Å². The van der Waals surface area contributed by atoms with E-state index in [0.29, 0.717) is 35.3 Å². The Hall–Kier alpha value is -3.73. The van der Waals surface area contributed by atoms with E-state index in [4.69, 9.17) is 5.73 Å². The fraction of sp³-hybridized carbons (Fsp3) is 0.136. The summed E-state index contributed by atoms with van der Waals surface area (Å²) in [5, 5.41) is 5.41. The monoisotopic (exact) mass is 475 g/mol. The molecule has 0 bridgehead atoms. The Labute approximate surface area is 189 Å². The zero-order valence-electron chi connectivity index (χ0n) is 17.3. The lowest BCUT2D eigenvalue weighted by Crippen LogP contribution is -2.21. The molecule has 6 nitrogen and oxygen atoms in total.